The normalized spacial score (nSPS) is 16.2. The van der Waals surface area contributed by atoms with E-state index in [-0.39, 0.29) is 0 Å². The zero-order valence-corrected chi connectivity index (χ0v) is 18.5. The maximum absolute atomic E-state index is 6.40. The van der Waals surface area contributed by atoms with Gasteiger partial charge in [-0.05, 0) is 67.4 Å². The van der Waals surface area contributed by atoms with Gasteiger partial charge in [-0.25, -0.2) is 0 Å². The van der Waals surface area contributed by atoms with Gasteiger partial charge in [0.2, 0.25) is 0 Å². The van der Waals surface area contributed by atoms with Gasteiger partial charge in [-0.3, -0.25) is 0 Å². The van der Waals surface area contributed by atoms with Gasteiger partial charge in [-0.15, -0.1) is 0 Å². The van der Waals surface area contributed by atoms with E-state index in [2.05, 4.69) is 87.6 Å². The molecule has 3 heteroatoms. The number of nitrogens with one attached hydrogen (secondary N) is 1. The van der Waals surface area contributed by atoms with E-state index in [0.29, 0.717) is 14.5 Å². The van der Waals surface area contributed by atoms with Gasteiger partial charge in [0.15, 0.2) is 0 Å². The lowest BCUT2D eigenvalue weighted by atomic mass is 10.0. The van der Waals surface area contributed by atoms with E-state index < -0.39 is 0 Å². The fourth-order valence-electron chi connectivity index (χ4n) is 3.63. The summed E-state index contributed by atoms with van der Waals surface area (Å²) in [6.45, 7) is 11.4. The fourth-order valence-corrected chi connectivity index (χ4v) is 5.20. The zero-order chi connectivity index (χ0) is 19.9. The molecular formula is C25H32NOP. The summed E-state index contributed by atoms with van der Waals surface area (Å²) in [5, 5.41) is 6.25. The van der Waals surface area contributed by atoms with Crippen LogP contribution >= 0.6 is 8.58 Å². The lowest BCUT2D eigenvalue weighted by Gasteiger charge is -2.20. The molecule has 0 fully saturated rings. The molecule has 2 aromatic carbocycles. The zero-order valence-electron chi connectivity index (χ0n) is 17.5. The van der Waals surface area contributed by atoms with Crippen LogP contribution in [0, 0.1) is 26.7 Å². The molecule has 0 saturated carbocycles. The largest absolute Gasteiger partial charge is 0.492 e. The molecule has 0 saturated heterocycles. The summed E-state index contributed by atoms with van der Waals surface area (Å²) < 4.78 is 6.40. The Hall–Kier alpha value is -1.89. The molecule has 0 aliphatic heterocycles. The van der Waals surface area contributed by atoms with Gasteiger partial charge in [-0.1, -0.05) is 64.1 Å². The lowest BCUT2D eigenvalue weighted by molar-refractivity contribution is 0.276. The van der Waals surface area contributed by atoms with Crippen LogP contribution in [0.5, 0.6) is 5.75 Å². The number of benzene rings is 2. The SMILES string of the molecule is CCNCc1cccc(C)c1Pc1cc(C)cc(C)c1OCC1C=CC=CC1. The smallest absolute Gasteiger partial charge is 0.129 e. The average molecular weight is 394 g/mol. The first-order valence-corrected chi connectivity index (χ1v) is 11.2. The van der Waals surface area contributed by atoms with Crippen LogP contribution < -0.4 is 20.7 Å². The molecule has 0 amide bonds. The molecule has 2 nitrogen and oxygen atoms in total. The number of rotatable bonds is 8. The standard InChI is InChI=1S/C25H32NOP/c1-5-26-16-22-13-9-10-19(3)25(22)28-23-15-18(2)14-20(4)24(23)27-17-21-11-7-6-8-12-21/h6-11,13-15,21,26,28H,5,12,16-17H2,1-4H3. The van der Waals surface area contributed by atoms with Crippen LogP contribution in [0.1, 0.15) is 35.6 Å². The third-order valence-corrected chi connectivity index (χ3v) is 6.72. The van der Waals surface area contributed by atoms with Gasteiger partial charge in [0.25, 0.3) is 0 Å². The van der Waals surface area contributed by atoms with Crippen LogP contribution in [0.15, 0.2) is 54.6 Å². The first-order valence-electron chi connectivity index (χ1n) is 10.2. The Labute approximate surface area is 171 Å². The Balaban J connectivity index is 1.87. The Kier molecular flexibility index (Phi) is 7.48. The summed E-state index contributed by atoms with van der Waals surface area (Å²) in [5.41, 5.74) is 5.29. The molecule has 2 atom stereocenters. The van der Waals surface area contributed by atoms with E-state index in [4.69, 9.17) is 4.74 Å². The van der Waals surface area contributed by atoms with E-state index >= 15 is 0 Å². The number of aryl methyl sites for hydroxylation is 3. The molecule has 148 valence electrons. The van der Waals surface area contributed by atoms with Gasteiger partial charge in [0.1, 0.15) is 5.75 Å². The lowest BCUT2D eigenvalue weighted by Crippen LogP contribution is -2.21. The highest BCUT2D eigenvalue weighted by Gasteiger charge is 2.15. The van der Waals surface area contributed by atoms with Crippen LogP contribution in [0.4, 0.5) is 0 Å². The summed E-state index contributed by atoms with van der Waals surface area (Å²) >= 11 is 0. The van der Waals surface area contributed by atoms with Crippen molar-refractivity contribution in [1.29, 1.82) is 0 Å². The van der Waals surface area contributed by atoms with Gasteiger partial charge in [-0.2, -0.15) is 0 Å². The van der Waals surface area contributed by atoms with Crippen LogP contribution in [-0.2, 0) is 6.54 Å². The molecule has 3 rings (SSSR count). The van der Waals surface area contributed by atoms with Crippen LogP contribution in [0.3, 0.4) is 0 Å². The molecule has 1 aliphatic rings. The quantitative estimate of drug-likeness (QED) is 0.647. The summed E-state index contributed by atoms with van der Waals surface area (Å²) in [7, 11) is 0.599. The van der Waals surface area contributed by atoms with Crippen molar-refractivity contribution in [2.24, 2.45) is 5.92 Å². The van der Waals surface area contributed by atoms with Crippen molar-refractivity contribution < 1.29 is 4.74 Å². The fraction of sp³-hybridized carbons (Fsp3) is 0.360. The first kappa shape index (κ1) is 20.8. The van der Waals surface area contributed by atoms with Gasteiger partial charge in [0.05, 0.1) is 6.61 Å². The van der Waals surface area contributed by atoms with Crippen molar-refractivity contribution in [3.05, 3.63) is 76.9 Å². The Morgan fingerprint density at radius 1 is 1.11 bits per heavy atom. The van der Waals surface area contributed by atoms with E-state index in [1.165, 1.54) is 32.9 Å². The van der Waals surface area contributed by atoms with E-state index in [1.54, 1.807) is 0 Å². The maximum atomic E-state index is 6.40. The summed E-state index contributed by atoms with van der Waals surface area (Å²) in [5.74, 6) is 1.54. The van der Waals surface area contributed by atoms with Crippen LogP contribution in [-0.4, -0.2) is 13.2 Å². The average Bonchev–Trinajstić information content (AvgIpc) is 2.68. The Morgan fingerprint density at radius 3 is 2.71 bits per heavy atom. The minimum Gasteiger partial charge on any atom is -0.492 e. The molecule has 0 aromatic heterocycles. The molecule has 0 heterocycles. The molecule has 0 spiro atoms. The van der Waals surface area contributed by atoms with Gasteiger partial charge in [0, 0.05) is 17.8 Å². The van der Waals surface area contributed by atoms with Crippen molar-refractivity contribution in [1.82, 2.24) is 5.32 Å². The van der Waals surface area contributed by atoms with Crippen molar-refractivity contribution >= 4 is 19.2 Å². The predicted octanol–water partition coefficient (Wildman–Crippen LogP) is 4.86. The second kappa shape index (κ2) is 10.0. The molecule has 2 unspecified atom stereocenters. The summed E-state index contributed by atoms with van der Waals surface area (Å²) in [4.78, 5) is 0. The van der Waals surface area contributed by atoms with Crippen molar-refractivity contribution in [2.75, 3.05) is 13.2 Å². The first-order chi connectivity index (χ1) is 13.6. The van der Waals surface area contributed by atoms with Crippen molar-refractivity contribution in [3.63, 3.8) is 0 Å². The summed E-state index contributed by atoms with van der Waals surface area (Å²) in [6.07, 6.45) is 9.77. The van der Waals surface area contributed by atoms with Gasteiger partial charge >= 0.3 is 0 Å². The van der Waals surface area contributed by atoms with E-state index in [9.17, 15) is 0 Å². The summed E-state index contributed by atoms with van der Waals surface area (Å²) in [6, 6.07) is 11.2. The second-order valence-electron chi connectivity index (χ2n) is 7.59. The monoisotopic (exact) mass is 393 g/mol. The topological polar surface area (TPSA) is 21.3 Å². The minimum atomic E-state index is 0.463. The Morgan fingerprint density at radius 2 is 1.96 bits per heavy atom. The molecule has 28 heavy (non-hydrogen) atoms. The maximum Gasteiger partial charge on any atom is 0.129 e. The second-order valence-corrected chi connectivity index (χ2v) is 8.88. The number of ether oxygens (including phenoxy) is 1. The molecular weight excluding hydrogens is 361 g/mol. The highest BCUT2D eigenvalue weighted by molar-refractivity contribution is 7.56. The molecule has 2 aromatic rings. The molecule has 1 aliphatic carbocycles. The van der Waals surface area contributed by atoms with Gasteiger partial charge < -0.3 is 10.1 Å². The minimum absolute atomic E-state index is 0.463. The predicted molar refractivity (Wildman–Crippen MR) is 124 cm³/mol. The molecule has 0 bridgehead atoms. The highest BCUT2D eigenvalue weighted by Crippen LogP contribution is 2.28. The number of allylic oxidation sites excluding steroid dienone is 3. The van der Waals surface area contributed by atoms with Crippen LogP contribution in [0.25, 0.3) is 0 Å². The third kappa shape index (κ3) is 5.34. The van der Waals surface area contributed by atoms with Crippen molar-refractivity contribution in [2.45, 2.75) is 40.7 Å². The van der Waals surface area contributed by atoms with Crippen molar-refractivity contribution in [3.8, 4) is 5.75 Å². The molecule has 1 N–H and O–H groups in total. The van der Waals surface area contributed by atoms with Crippen LogP contribution in [0.2, 0.25) is 0 Å². The highest BCUT2D eigenvalue weighted by atomic mass is 31.1. The van der Waals surface area contributed by atoms with E-state index in [1.807, 2.05) is 0 Å². The Bertz CT molecular complexity index is 869. The molecule has 0 radical (unpaired) electrons. The number of hydrogen-bond donors (Lipinski definition) is 1. The third-order valence-electron chi connectivity index (χ3n) is 5.11. The number of hydrogen-bond acceptors (Lipinski definition) is 2. The van der Waals surface area contributed by atoms with E-state index in [0.717, 1.165) is 31.9 Å².